The van der Waals surface area contributed by atoms with Crippen LogP contribution in [-0.4, -0.2) is 40.8 Å². The van der Waals surface area contributed by atoms with Crippen molar-refractivity contribution in [2.24, 2.45) is 17.8 Å². The first-order chi connectivity index (χ1) is 8.17. The fraction of sp³-hybridized carbons (Fsp3) is 1.00. The smallest absolute Gasteiger partial charge is 0.388 e. The van der Waals surface area contributed by atoms with Crippen molar-refractivity contribution >= 4 is 9.45 Å². The highest BCUT2D eigenvalue weighted by molar-refractivity contribution is 6.41. The lowest BCUT2D eigenvalue weighted by Crippen LogP contribution is -2.57. The molecular weight excluding hydrogens is 230 g/mol. The third kappa shape index (κ3) is 2.75. The van der Waals surface area contributed by atoms with Crippen LogP contribution in [0.1, 0.15) is 39.5 Å². The largest absolute Gasteiger partial charge is 0.410 e. The fourth-order valence-corrected chi connectivity index (χ4v) is 5.82. The van der Waals surface area contributed by atoms with Crippen LogP contribution < -0.4 is 0 Å². The molecule has 1 heterocycles. The van der Waals surface area contributed by atoms with Crippen LogP contribution in [0.25, 0.3) is 0 Å². The van der Waals surface area contributed by atoms with Gasteiger partial charge in [0, 0.05) is 20.3 Å². The maximum Gasteiger partial charge on any atom is 0.410 e. The molecule has 4 heteroatoms. The van der Waals surface area contributed by atoms with Gasteiger partial charge in [-0.15, -0.1) is 0 Å². The quantitative estimate of drug-likeness (QED) is 0.723. The highest BCUT2D eigenvalue weighted by Gasteiger charge is 2.42. The summed E-state index contributed by atoms with van der Waals surface area (Å²) in [6.07, 6.45) is 5.46. The van der Waals surface area contributed by atoms with E-state index in [2.05, 4.69) is 18.4 Å². The highest BCUT2D eigenvalue weighted by atomic mass is 28.3. The molecule has 2 aliphatic rings. The summed E-state index contributed by atoms with van der Waals surface area (Å²) >= 11 is 0. The molecule has 4 atom stereocenters. The molecule has 100 valence electrons. The third-order valence-corrected chi connectivity index (χ3v) is 6.69. The van der Waals surface area contributed by atoms with E-state index in [-0.39, 0.29) is 0 Å². The third-order valence-electron chi connectivity index (χ3n) is 4.70. The minimum Gasteiger partial charge on any atom is -0.388 e. The van der Waals surface area contributed by atoms with Gasteiger partial charge in [-0.1, -0.05) is 13.8 Å². The molecule has 0 aromatic rings. The zero-order chi connectivity index (χ0) is 12.4. The standard InChI is InChI=1S/C13H27NO2Si/c1-10-8-11(2)12-6-5-7-14(13(12)9-10)17(15-3)16-4/h10-13,17H,5-9H2,1-4H3. The summed E-state index contributed by atoms with van der Waals surface area (Å²) < 4.78 is 13.8. The Labute approximate surface area is 107 Å². The second kappa shape index (κ2) is 5.82. The second-order valence-electron chi connectivity index (χ2n) is 5.94. The Morgan fingerprint density at radius 2 is 1.82 bits per heavy atom. The summed E-state index contributed by atoms with van der Waals surface area (Å²) in [5.74, 6) is 2.60. The van der Waals surface area contributed by atoms with Crippen LogP contribution in [0.2, 0.25) is 0 Å². The van der Waals surface area contributed by atoms with Gasteiger partial charge in [0.2, 0.25) is 0 Å². The molecule has 4 unspecified atom stereocenters. The minimum atomic E-state index is -1.59. The van der Waals surface area contributed by atoms with Crippen molar-refractivity contribution in [3.63, 3.8) is 0 Å². The Morgan fingerprint density at radius 1 is 1.12 bits per heavy atom. The van der Waals surface area contributed by atoms with Crippen LogP contribution in [-0.2, 0) is 8.85 Å². The van der Waals surface area contributed by atoms with E-state index in [1.807, 2.05) is 0 Å². The molecule has 0 bridgehead atoms. The van der Waals surface area contributed by atoms with Crippen LogP contribution in [0, 0.1) is 17.8 Å². The molecule has 0 N–H and O–H groups in total. The van der Waals surface area contributed by atoms with E-state index in [1.54, 1.807) is 14.2 Å². The first-order valence-electron chi connectivity index (χ1n) is 6.98. The molecule has 1 saturated heterocycles. The van der Waals surface area contributed by atoms with Crippen molar-refractivity contribution < 1.29 is 8.85 Å². The highest BCUT2D eigenvalue weighted by Crippen LogP contribution is 2.41. The lowest BCUT2D eigenvalue weighted by atomic mass is 9.69. The van der Waals surface area contributed by atoms with Crippen LogP contribution >= 0.6 is 0 Å². The summed E-state index contributed by atoms with van der Waals surface area (Å²) in [4.78, 5) is 0. The van der Waals surface area contributed by atoms with Gasteiger partial charge in [-0.3, -0.25) is 4.57 Å². The van der Waals surface area contributed by atoms with Crippen LogP contribution in [0.3, 0.4) is 0 Å². The molecule has 0 aromatic carbocycles. The monoisotopic (exact) mass is 257 g/mol. The van der Waals surface area contributed by atoms with Crippen LogP contribution in [0.5, 0.6) is 0 Å². The van der Waals surface area contributed by atoms with Crippen molar-refractivity contribution in [3.8, 4) is 0 Å². The number of piperidine rings is 1. The van der Waals surface area contributed by atoms with E-state index < -0.39 is 9.45 Å². The van der Waals surface area contributed by atoms with Crippen molar-refractivity contribution in [1.29, 1.82) is 0 Å². The normalized spacial score (nSPS) is 39.4. The molecule has 0 amide bonds. The lowest BCUT2D eigenvalue weighted by molar-refractivity contribution is 0.0314. The van der Waals surface area contributed by atoms with Gasteiger partial charge in [0.1, 0.15) is 0 Å². The van der Waals surface area contributed by atoms with E-state index in [1.165, 1.54) is 32.2 Å². The average molecular weight is 257 g/mol. The molecule has 3 nitrogen and oxygen atoms in total. The van der Waals surface area contributed by atoms with Crippen molar-refractivity contribution in [2.75, 3.05) is 20.8 Å². The molecule has 17 heavy (non-hydrogen) atoms. The number of fused-ring (bicyclic) bond motifs is 1. The summed E-state index contributed by atoms with van der Waals surface area (Å²) in [5.41, 5.74) is 0. The second-order valence-corrected chi connectivity index (χ2v) is 8.16. The first kappa shape index (κ1) is 13.5. The summed E-state index contributed by atoms with van der Waals surface area (Å²) in [6, 6.07) is 0.721. The van der Waals surface area contributed by atoms with Crippen LogP contribution in [0.4, 0.5) is 0 Å². The predicted octanol–water partition coefficient (Wildman–Crippen LogP) is 2.14. The van der Waals surface area contributed by atoms with Gasteiger partial charge >= 0.3 is 9.45 Å². The molecule has 2 fully saturated rings. The van der Waals surface area contributed by atoms with Gasteiger partial charge in [-0.25, -0.2) is 0 Å². The average Bonchev–Trinajstić information content (AvgIpc) is 2.31. The number of rotatable bonds is 3. The molecule has 1 saturated carbocycles. The Kier molecular flexibility index (Phi) is 4.63. The molecule has 1 aliphatic heterocycles. The summed E-state index contributed by atoms with van der Waals surface area (Å²) in [5, 5.41) is 0. The Morgan fingerprint density at radius 3 is 2.47 bits per heavy atom. The van der Waals surface area contributed by atoms with Crippen molar-refractivity contribution in [3.05, 3.63) is 0 Å². The molecule has 0 radical (unpaired) electrons. The number of hydrogen-bond donors (Lipinski definition) is 0. The Balaban J connectivity index is 2.11. The van der Waals surface area contributed by atoms with Gasteiger partial charge in [0.25, 0.3) is 0 Å². The lowest BCUT2D eigenvalue weighted by Gasteiger charge is -2.49. The topological polar surface area (TPSA) is 21.7 Å². The van der Waals surface area contributed by atoms with Gasteiger partial charge in [0.15, 0.2) is 0 Å². The number of nitrogens with zero attached hydrogens (tertiary/aromatic N) is 1. The van der Waals surface area contributed by atoms with Crippen molar-refractivity contribution in [2.45, 2.75) is 45.6 Å². The number of hydrogen-bond acceptors (Lipinski definition) is 3. The van der Waals surface area contributed by atoms with Gasteiger partial charge in [-0.2, -0.15) is 0 Å². The van der Waals surface area contributed by atoms with Gasteiger partial charge in [-0.05, 0) is 50.0 Å². The predicted molar refractivity (Wildman–Crippen MR) is 71.9 cm³/mol. The molecule has 2 rings (SSSR count). The zero-order valence-electron chi connectivity index (χ0n) is 11.7. The molecular formula is C13H27NO2Si. The van der Waals surface area contributed by atoms with E-state index >= 15 is 0 Å². The summed E-state index contributed by atoms with van der Waals surface area (Å²) in [7, 11) is 2.02. The van der Waals surface area contributed by atoms with Crippen molar-refractivity contribution in [1.82, 2.24) is 4.57 Å². The minimum absolute atomic E-state index is 0.721. The Bertz CT molecular complexity index is 248. The van der Waals surface area contributed by atoms with E-state index in [0.717, 1.165) is 23.8 Å². The Hall–Kier alpha value is 0.0969. The molecule has 0 aromatic heterocycles. The van der Waals surface area contributed by atoms with Gasteiger partial charge < -0.3 is 8.85 Å². The van der Waals surface area contributed by atoms with E-state index in [0.29, 0.717) is 0 Å². The van der Waals surface area contributed by atoms with Gasteiger partial charge in [0.05, 0.1) is 0 Å². The zero-order valence-corrected chi connectivity index (χ0v) is 12.8. The summed E-state index contributed by atoms with van der Waals surface area (Å²) in [6.45, 7) is 6.02. The maximum atomic E-state index is 5.60. The van der Waals surface area contributed by atoms with Crippen LogP contribution in [0.15, 0.2) is 0 Å². The molecule has 1 aliphatic carbocycles. The maximum absolute atomic E-state index is 5.60. The molecule has 0 spiro atoms. The fourth-order valence-electron chi connectivity index (χ4n) is 4.03. The van der Waals surface area contributed by atoms with E-state index in [9.17, 15) is 0 Å². The SMILES string of the molecule is CO[SiH](OC)N1CCCC2C(C)CC(C)CC21. The first-order valence-corrected chi connectivity index (χ1v) is 8.44. The van der Waals surface area contributed by atoms with E-state index in [4.69, 9.17) is 8.85 Å².